The zero-order valence-corrected chi connectivity index (χ0v) is 16.2. The highest BCUT2D eigenvalue weighted by molar-refractivity contribution is 14.1. The van der Waals surface area contributed by atoms with Gasteiger partial charge in [0.15, 0.2) is 0 Å². The van der Waals surface area contributed by atoms with E-state index in [0.29, 0.717) is 0 Å². The van der Waals surface area contributed by atoms with Crippen LogP contribution in [0, 0.1) is 10.7 Å². The molecule has 21 heavy (non-hydrogen) atoms. The van der Waals surface area contributed by atoms with Crippen molar-refractivity contribution in [3.8, 4) is 0 Å². The highest BCUT2D eigenvalue weighted by Gasteiger charge is 2.31. The van der Waals surface area contributed by atoms with E-state index in [1.54, 1.807) is 67.8 Å². The number of primary amides is 2. The second-order valence-corrected chi connectivity index (χ2v) is 6.68. The minimum Gasteiger partial charge on any atom is -0.478 e. The van der Waals surface area contributed by atoms with Crippen LogP contribution in [0.25, 0.3) is 0 Å². The molecule has 0 aliphatic carbocycles. The van der Waals surface area contributed by atoms with Gasteiger partial charge in [-0.2, -0.15) is 0 Å². The first-order valence-electron chi connectivity index (χ1n) is 4.84. The quantitative estimate of drug-likeness (QED) is 0.200. The number of carboxylic acid groups (broad SMARTS) is 1. The number of hydrogen-bond acceptors (Lipinski definition) is 5. The van der Waals surface area contributed by atoms with E-state index in [4.69, 9.17) is 11.5 Å². The summed E-state index contributed by atoms with van der Waals surface area (Å²) < 4.78 is 4.58. The van der Waals surface area contributed by atoms with E-state index in [-0.39, 0.29) is 21.8 Å². The van der Waals surface area contributed by atoms with Crippen LogP contribution in [0.3, 0.4) is 0 Å². The number of rotatable bonds is 3. The fraction of sp³-hybridized carbons (Fsp3) is 0. The molecular formula is C10H5I3N2O6. The largest absolute Gasteiger partial charge is 0.478 e. The van der Waals surface area contributed by atoms with Gasteiger partial charge in [-0.1, -0.05) is 0 Å². The SMILES string of the molecule is NC(=O)OC(=O)c1c(I)c(C(=O)O)c(I)c(I)c1C(N)=O. The topological polar surface area (TPSA) is 150 Å². The number of ether oxygens (including phenoxy) is 1. The minimum atomic E-state index is -1.38. The molecule has 0 spiro atoms. The van der Waals surface area contributed by atoms with Gasteiger partial charge in [-0.05, 0) is 67.8 Å². The number of carbonyl (C=O) groups excluding carboxylic acids is 3. The first kappa shape index (κ1) is 18.3. The average molecular weight is 630 g/mol. The van der Waals surface area contributed by atoms with Gasteiger partial charge in [0.2, 0.25) is 0 Å². The maximum atomic E-state index is 11.9. The molecule has 0 aromatic heterocycles. The van der Waals surface area contributed by atoms with Crippen molar-refractivity contribution in [2.45, 2.75) is 0 Å². The van der Waals surface area contributed by atoms with E-state index in [0.717, 1.165) is 0 Å². The van der Waals surface area contributed by atoms with Gasteiger partial charge in [-0.15, -0.1) is 0 Å². The van der Waals surface area contributed by atoms with Gasteiger partial charge in [0.1, 0.15) is 0 Å². The molecule has 0 aliphatic heterocycles. The maximum Gasteiger partial charge on any atom is 0.412 e. The van der Waals surface area contributed by atoms with Crippen LogP contribution in [0.1, 0.15) is 31.1 Å². The van der Waals surface area contributed by atoms with Crippen molar-refractivity contribution in [3.05, 3.63) is 27.4 Å². The highest BCUT2D eigenvalue weighted by Crippen LogP contribution is 2.32. The lowest BCUT2D eigenvalue weighted by Crippen LogP contribution is -2.26. The number of carboxylic acids is 1. The lowest BCUT2D eigenvalue weighted by atomic mass is 10.0. The molecule has 11 heteroatoms. The number of halogens is 3. The van der Waals surface area contributed by atoms with E-state index in [2.05, 4.69) is 4.74 Å². The molecule has 0 unspecified atom stereocenters. The number of esters is 1. The number of hydrogen-bond donors (Lipinski definition) is 3. The predicted molar refractivity (Wildman–Crippen MR) is 95.1 cm³/mol. The van der Waals surface area contributed by atoms with Crippen LogP contribution in [-0.2, 0) is 4.74 Å². The number of benzene rings is 1. The van der Waals surface area contributed by atoms with Crippen molar-refractivity contribution in [3.63, 3.8) is 0 Å². The summed E-state index contributed by atoms with van der Waals surface area (Å²) in [7, 11) is 0. The molecule has 0 fully saturated rings. The Balaban J connectivity index is 3.82. The van der Waals surface area contributed by atoms with Gasteiger partial charge in [0.05, 0.1) is 16.7 Å². The fourth-order valence-corrected chi connectivity index (χ4v) is 4.50. The van der Waals surface area contributed by atoms with Gasteiger partial charge in [-0.25, -0.2) is 14.4 Å². The Hall–Kier alpha value is -0.710. The Morgan fingerprint density at radius 1 is 0.857 bits per heavy atom. The van der Waals surface area contributed by atoms with E-state index in [1.807, 2.05) is 0 Å². The van der Waals surface area contributed by atoms with E-state index < -0.39 is 29.5 Å². The third-order valence-electron chi connectivity index (χ3n) is 2.18. The van der Waals surface area contributed by atoms with Crippen LogP contribution in [0.15, 0.2) is 0 Å². The molecule has 5 N–H and O–H groups in total. The molecule has 0 bridgehead atoms. The fourth-order valence-electron chi connectivity index (χ4n) is 1.41. The molecule has 2 amide bonds. The second-order valence-electron chi connectivity index (χ2n) is 3.44. The van der Waals surface area contributed by atoms with Crippen LogP contribution < -0.4 is 11.5 Å². The van der Waals surface area contributed by atoms with E-state index in [1.165, 1.54) is 0 Å². The molecule has 0 saturated carbocycles. The Labute approximate surface area is 158 Å². The number of nitrogens with two attached hydrogens (primary N) is 2. The molecule has 0 aliphatic rings. The molecule has 0 radical (unpaired) electrons. The molecule has 0 saturated heterocycles. The van der Waals surface area contributed by atoms with Gasteiger partial charge in [0.25, 0.3) is 5.91 Å². The third kappa shape index (κ3) is 3.74. The number of amides is 2. The second kappa shape index (κ2) is 7.03. The van der Waals surface area contributed by atoms with Gasteiger partial charge in [-0.3, -0.25) is 4.79 Å². The lowest BCUT2D eigenvalue weighted by Gasteiger charge is -2.14. The average Bonchev–Trinajstić information content (AvgIpc) is 2.31. The normalized spacial score (nSPS) is 10.0. The zero-order valence-electron chi connectivity index (χ0n) is 9.78. The van der Waals surface area contributed by atoms with E-state index >= 15 is 0 Å². The summed E-state index contributed by atoms with van der Waals surface area (Å²) in [6.07, 6.45) is -1.38. The summed E-state index contributed by atoms with van der Waals surface area (Å²) in [5.74, 6) is -3.49. The monoisotopic (exact) mass is 630 g/mol. The van der Waals surface area contributed by atoms with Gasteiger partial charge >= 0.3 is 18.0 Å². The van der Waals surface area contributed by atoms with Crippen molar-refractivity contribution in [2.75, 3.05) is 0 Å². The number of carbonyl (C=O) groups is 4. The summed E-state index contributed by atoms with van der Waals surface area (Å²) >= 11 is 4.98. The molecule has 1 rings (SSSR count). The van der Waals surface area contributed by atoms with Crippen molar-refractivity contribution in [2.24, 2.45) is 11.5 Å². The molecule has 1 aromatic rings. The van der Waals surface area contributed by atoms with Crippen LogP contribution in [-0.4, -0.2) is 29.0 Å². The van der Waals surface area contributed by atoms with Crippen LogP contribution >= 0.6 is 67.8 Å². The van der Waals surface area contributed by atoms with Crippen molar-refractivity contribution >= 4 is 91.7 Å². The predicted octanol–water partition coefficient (Wildman–Crippen LogP) is 1.53. The Bertz CT molecular complexity index is 688. The minimum absolute atomic E-state index is 0.0648. The Morgan fingerprint density at radius 3 is 1.71 bits per heavy atom. The maximum absolute atomic E-state index is 11.9. The van der Waals surface area contributed by atoms with Crippen LogP contribution in [0.4, 0.5) is 4.79 Å². The molecule has 8 nitrogen and oxygen atoms in total. The molecular weight excluding hydrogens is 625 g/mol. The first-order valence-corrected chi connectivity index (χ1v) is 8.08. The summed E-state index contributed by atoms with van der Waals surface area (Å²) in [5.41, 5.74) is 9.17. The van der Waals surface area contributed by atoms with Gasteiger partial charge in [0, 0.05) is 10.7 Å². The standard InChI is InChI=1S/C10H5I3N2O6/c11-4-2(9(19)21-10(15)20)1(7(14)16)5(12)6(13)3(4)8(17)18/h(H2,14,16)(H2,15,20)(H,17,18). The van der Waals surface area contributed by atoms with Crippen molar-refractivity contribution < 1.29 is 29.0 Å². The Kier molecular flexibility index (Phi) is 6.14. The summed E-state index contributed by atoms with van der Waals surface area (Å²) in [6.45, 7) is 0. The molecule has 0 atom stereocenters. The third-order valence-corrected chi connectivity index (χ3v) is 6.45. The van der Waals surface area contributed by atoms with Gasteiger partial charge < -0.3 is 21.3 Å². The summed E-state index contributed by atoms with van der Waals surface area (Å²) in [5, 5.41) is 9.22. The van der Waals surface area contributed by atoms with E-state index in [9.17, 15) is 24.3 Å². The molecule has 0 heterocycles. The first-order chi connectivity index (χ1) is 9.59. The molecule has 1 aromatic carbocycles. The summed E-state index contributed by atoms with van der Waals surface area (Å²) in [4.78, 5) is 45.5. The number of aromatic carboxylic acids is 1. The molecule has 112 valence electrons. The van der Waals surface area contributed by atoms with Crippen molar-refractivity contribution in [1.29, 1.82) is 0 Å². The van der Waals surface area contributed by atoms with Crippen molar-refractivity contribution in [1.82, 2.24) is 0 Å². The Morgan fingerprint density at radius 2 is 1.33 bits per heavy atom. The summed E-state index contributed by atoms with van der Waals surface area (Å²) in [6, 6.07) is 0. The van der Waals surface area contributed by atoms with Crippen LogP contribution in [0.2, 0.25) is 0 Å². The smallest absolute Gasteiger partial charge is 0.412 e. The lowest BCUT2D eigenvalue weighted by molar-refractivity contribution is 0.0632. The highest BCUT2D eigenvalue weighted by atomic mass is 127. The van der Waals surface area contributed by atoms with Crippen LogP contribution in [0.5, 0.6) is 0 Å². The zero-order chi connectivity index (χ0) is 16.5.